The minimum absolute atomic E-state index is 0.0692. The smallest absolute Gasteiger partial charge is 0.366 e. The summed E-state index contributed by atoms with van der Waals surface area (Å²) in [6.45, 7) is 1.49. The highest BCUT2D eigenvalue weighted by atomic mass is 19.4. The minimum Gasteiger partial charge on any atom is -0.366 e. The van der Waals surface area contributed by atoms with E-state index in [0.717, 1.165) is 22.6 Å². The Kier molecular flexibility index (Phi) is 6.34. The van der Waals surface area contributed by atoms with Crippen molar-refractivity contribution < 1.29 is 13.2 Å². The molecule has 32 heavy (non-hydrogen) atoms. The molecule has 1 N–H and O–H groups in total. The predicted molar refractivity (Wildman–Crippen MR) is 120 cm³/mol. The molecule has 2 aliphatic heterocycles. The Hall–Kier alpha value is -3.10. The third-order valence-corrected chi connectivity index (χ3v) is 5.75. The van der Waals surface area contributed by atoms with Crippen molar-refractivity contribution in [1.82, 2.24) is 14.9 Å². The van der Waals surface area contributed by atoms with Crippen LogP contribution in [0, 0.1) is 5.92 Å². The van der Waals surface area contributed by atoms with E-state index < -0.39 is 12.1 Å². The van der Waals surface area contributed by atoms with Crippen molar-refractivity contribution in [3.8, 4) is 0 Å². The number of halogens is 3. The molecule has 0 amide bonds. The van der Waals surface area contributed by atoms with Crippen molar-refractivity contribution in [2.75, 3.05) is 37.4 Å². The van der Waals surface area contributed by atoms with E-state index >= 15 is 0 Å². The second-order valence-corrected chi connectivity index (χ2v) is 8.22. The number of allylic oxidation sites excluding steroid dienone is 1. The van der Waals surface area contributed by atoms with Crippen molar-refractivity contribution in [3.63, 3.8) is 0 Å². The van der Waals surface area contributed by atoms with E-state index in [1.807, 2.05) is 49.3 Å². The molecule has 0 radical (unpaired) electrons. The molecule has 6 nitrogen and oxygen atoms in total. The lowest BCUT2D eigenvalue weighted by Crippen LogP contribution is -2.44. The molecule has 0 spiro atoms. The monoisotopic (exact) mass is 444 g/mol. The van der Waals surface area contributed by atoms with E-state index in [2.05, 4.69) is 10.3 Å². The summed E-state index contributed by atoms with van der Waals surface area (Å²) in [4.78, 5) is 17.1. The van der Waals surface area contributed by atoms with Crippen molar-refractivity contribution in [2.24, 2.45) is 10.9 Å². The molecule has 1 aromatic carbocycles. The Balaban J connectivity index is 1.59. The summed E-state index contributed by atoms with van der Waals surface area (Å²) in [6.07, 6.45) is -0.343. The van der Waals surface area contributed by atoms with Crippen molar-refractivity contribution >= 4 is 17.6 Å². The quantitative estimate of drug-likeness (QED) is 0.771. The molecule has 2 aliphatic rings. The highest BCUT2D eigenvalue weighted by Crippen LogP contribution is 2.34. The van der Waals surface area contributed by atoms with Crippen molar-refractivity contribution in [2.45, 2.75) is 32.0 Å². The Labute approximate surface area is 185 Å². The van der Waals surface area contributed by atoms with Crippen LogP contribution < -0.4 is 10.2 Å². The van der Waals surface area contributed by atoms with Gasteiger partial charge in [-0.1, -0.05) is 36.4 Å². The van der Waals surface area contributed by atoms with Crippen LogP contribution >= 0.6 is 0 Å². The SMILES string of the molecule is CN(C)c1nc2c(c(NCc3ccccc3)n1)CCN(C1=NC=CCC1C(F)(F)F)CC2. The summed E-state index contributed by atoms with van der Waals surface area (Å²) in [7, 11) is 3.76. The van der Waals surface area contributed by atoms with Crippen molar-refractivity contribution in [1.29, 1.82) is 0 Å². The van der Waals surface area contributed by atoms with Gasteiger partial charge in [0, 0.05) is 51.9 Å². The Morgan fingerprint density at radius 3 is 2.56 bits per heavy atom. The van der Waals surface area contributed by atoms with Crippen LogP contribution in [0.5, 0.6) is 0 Å². The molecule has 0 saturated heterocycles. The zero-order chi connectivity index (χ0) is 22.7. The molecule has 0 bridgehead atoms. The molecule has 1 aromatic heterocycles. The molecule has 1 atom stereocenters. The van der Waals surface area contributed by atoms with Gasteiger partial charge in [-0.3, -0.25) is 0 Å². The van der Waals surface area contributed by atoms with Gasteiger partial charge in [0.05, 0.1) is 5.69 Å². The minimum atomic E-state index is -4.32. The number of hydrogen-bond acceptors (Lipinski definition) is 6. The van der Waals surface area contributed by atoms with Crippen LogP contribution in [0.15, 0.2) is 47.6 Å². The van der Waals surface area contributed by atoms with Gasteiger partial charge in [-0.05, 0) is 18.4 Å². The lowest BCUT2D eigenvalue weighted by Gasteiger charge is -2.32. The third kappa shape index (κ3) is 4.87. The standard InChI is InChI=1S/C23H27F3N6/c1-31(2)22-29-19-11-14-32(21-18(23(24,25)26)9-6-12-27-21)13-10-17(19)20(30-22)28-15-16-7-4-3-5-8-16/h3-8,12,18H,9-11,13-15H2,1-2H3,(H,28,29,30). The zero-order valence-corrected chi connectivity index (χ0v) is 18.2. The van der Waals surface area contributed by atoms with Gasteiger partial charge >= 0.3 is 6.18 Å². The maximum Gasteiger partial charge on any atom is 0.399 e. The van der Waals surface area contributed by atoms with Crippen LogP contribution in [-0.4, -0.2) is 54.1 Å². The third-order valence-electron chi connectivity index (χ3n) is 5.75. The van der Waals surface area contributed by atoms with Gasteiger partial charge in [0.2, 0.25) is 5.95 Å². The van der Waals surface area contributed by atoms with Crippen LogP contribution in [0.3, 0.4) is 0 Å². The summed E-state index contributed by atoms with van der Waals surface area (Å²) in [5.74, 6) is -0.138. The number of aromatic nitrogens is 2. The number of benzene rings is 1. The van der Waals surface area contributed by atoms with Crippen molar-refractivity contribution in [3.05, 3.63) is 59.4 Å². The number of nitrogens with zero attached hydrogens (tertiary/aromatic N) is 5. The summed E-state index contributed by atoms with van der Waals surface area (Å²) in [5.41, 5.74) is 2.96. The highest BCUT2D eigenvalue weighted by molar-refractivity contribution is 5.87. The van der Waals surface area contributed by atoms with Gasteiger partial charge in [-0.2, -0.15) is 18.2 Å². The normalized spacial score (nSPS) is 18.6. The average molecular weight is 445 g/mol. The molecule has 1 unspecified atom stereocenters. The molecular weight excluding hydrogens is 417 g/mol. The fraction of sp³-hybridized carbons (Fsp3) is 0.435. The number of nitrogens with one attached hydrogen (secondary N) is 1. The van der Waals surface area contributed by atoms with Gasteiger partial charge in [0.25, 0.3) is 0 Å². The fourth-order valence-corrected chi connectivity index (χ4v) is 4.05. The number of hydrogen-bond donors (Lipinski definition) is 1. The summed E-state index contributed by atoms with van der Waals surface area (Å²) >= 11 is 0. The first-order chi connectivity index (χ1) is 15.3. The van der Waals surface area contributed by atoms with E-state index in [9.17, 15) is 13.2 Å². The van der Waals surface area contributed by atoms with Gasteiger partial charge in [-0.15, -0.1) is 0 Å². The maximum absolute atomic E-state index is 13.6. The molecular formula is C23H27F3N6. The molecule has 0 aliphatic carbocycles. The highest BCUT2D eigenvalue weighted by Gasteiger charge is 2.45. The van der Waals surface area contributed by atoms with Crippen LogP contribution in [-0.2, 0) is 19.4 Å². The second-order valence-electron chi connectivity index (χ2n) is 8.22. The average Bonchev–Trinajstić information content (AvgIpc) is 3.00. The van der Waals surface area contributed by atoms with E-state index in [-0.39, 0.29) is 12.3 Å². The Bertz CT molecular complexity index is 1000. The fourth-order valence-electron chi connectivity index (χ4n) is 4.05. The van der Waals surface area contributed by atoms with Crippen LogP contribution in [0.2, 0.25) is 0 Å². The van der Waals surface area contributed by atoms with E-state index in [1.54, 1.807) is 4.90 Å². The van der Waals surface area contributed by atoms with Crippen LogP contribution in [0.25, 0.3) is 0 Å². The number of aliphatic imine (C=N–C) groups is 1. The van der Waals surface area contributed by atoms with E-state index in [4.69, 9.17) is 9.97 Å². The number of rotatable bonds is 4. The molecule has 2 aromatic rings. The second kappa shape index (κ2) is 9.18. The summed E-state index contributed by atoms with van der Waals surface area (Å²) < 4.78 is 40.8. The number of anilines is 2. The number of amidine groups is 1. The Morgan fingerprint density at radius 1 is 1.09 bits per heavy atom. The summed E-state index contributed by atoms with van der Waals surface area (Å²) in [6, 6.07) is 10.0. The molecule has 9 heteroatoms. The van der Waals surface area contributed by atoms with Gasteiger partial charge in [0.15, 0.2) is 0 Å². The van der Waals surface area contributed by atoms with Gasteiger partial charge in [-0.25, -0.2) is 9.98 Å². The first-order valence-corrected chi connectivity index (χ1v) is 10.7. The topological polar surface area (TPSA) is 56.7 Å². The zero-order valence-electron chi connectivity index (χ0n) is 18.2. The maximum atomic E-state index is 13.6. The van der Waals surface area contributed by atoms with E-state index in [0.29, 0.717) is 38.4 Å². The Morgan fingerprint density at radius 2 is 1.84 bits per heavy atom. The van der Waals surface area contributed by atoms with E-state index in [1.165, 1.54) is 12.3 Å². The molecule has 170 valence electrons. The molecule has 4 rings (SSSR count). The largest absolute Gasteiger partial charge is 0.399 e. The summed E-state index contributed by atoms with van der Waals surface area (Å²) in [5, 5.41) is 3.42. The molecule has 0 fully saturated rings. The molecule has 3 heterocycles. The first kappa shape index (κ1) is 22.1. The van der Waals surface area contributed by atoms with Crippen LogP contribution in [0.1, 0.15) is 23.2 Å². The molecule has 0 saturated carbocycles. The first-order valence-electron chi connectivity index (χ1n) is 10.7. The predicted octanol–water partition coefficient (Wildman–Crippen LogP) is 4.05. The van der Waals surface area contributed by atoms with Gasteiger partial charge in [0.1, 0.15) is 17.6 Å². The van der Waals surface area contributed by atoms with Gasteiger partial charge < -0.3 is 15.1 Å². The number of fused-ring (bicyclic) bond motifs is 1. The van der Waals surface area contributed by atoms with Crippen LogP contribution in [0.4, 0.5) is 24.9 Å². The lowest BCUT2D eigenvalue weighted by molar-refractivity contribution is -0.156. The number of alkyl halides is 3. The lowest BCUT2D eigenvalue weighted by atomic mass is 10.0.